The van der Waals surface area contributed by atoms with Crippen LogP contribution in [0.2, 0.25) is 0 Å². The number of H-pyrrole nitrogens is 2. The van der Waals surface area contributed by atoms with Gasteiger partial charge in [-0.15, -0.1) is 0 Å². The molecule has 5 amide bonds. The monoisotopic (exact) mass is 1140 g/mol. The molecule has 0 radical (unpaired) electrons. The van der Waals surface area contributed by atoms with E-state index in [1.165, 1.54) is 9.80 Å². The number of fused-ring (bicyclic) bond motifs is 2. The number of hydrogen-bond acceptors (Lipinski definition) is 12. The number of benzene rings is 2. The molecule has 6 aromatic rings. The van der Waals surface area contributed by atoms with Crippen LogP contribution in [0.25, 0.3) is 0 Å². The van der Waals surface area contributed by atoms with Gasteiger partial charge in [0.2, 0.25) is 0 Å². The predicted octanol–water partition coefficient (Wildman–Crippen LogP) is 9.60. The van der Waals surface area contributed by atoms with Crippen LogP contribution in [0, 0.1) is 22.7 Å². The average Bonchev–Trinajstić information content (AvgIpc) is 3.79. The van der Waals surface area contributed by atoms with Crippen LogP contribution in [0.3, 0.4) is 0 Å². The molecule has 5 heterocycles. The Kier molecular flexibility index (Phi) is 19.2. The SMILES string of the molecule is CC1(C)CCc2c(C(=O)O)n[nH]c2C1.CN(CC(CN(C)C(=O)OC(C)(C)C)C(c1ccccc1)n1cc(N)cn1)C(=O)OC(C)(C)C.CN1CC(C(c2ccccc2)n2cc(NC(=O)c3n[nH]c4c3CCC(C)(C)C4)cn2)CN(C)C1=O. The topological polar surface area (TPSA) is 268 Å². The number of carboxylic acid groups (broad SMARTS) is 1. The Hall–Kier alpha value is -8.17. The third-order valence-corrected chi connectivity index (χ3v) is 15.1. The summed E-state index contributed by atoms with van der Waals surface area (Å²) in [5, 5.41) is 35.0. The van der Waals surface area contributed by atoms with E-state index >= 15 is 0 Å². The van der Waals surface area contributed by atoms with Crippen molar-refractivity contribution in [3.63, 3.8) is 0 Å². The van der Waals surface area contributed by atoms with Crippen molar-refractivity contribution in [1.29, 1.82) is 0 Å². The molecule has 0 spiro atoms. The van der Waals surface area contributed by atoms with Crippen LogP contribution in [-0.2, 0) is 35.2 Å². The van der Waals surface area contributed by atoms with Crippen molar-refractivity contribution in [2.75, 3.05) is 65.4 Å². The minimum absolute atomic E-state index is 0.0206. The number of nitrogens with one attached hydrogen (secondary N) is 3. The number of aromatic amines is 2. The van der Waals surface area contributed by atoms with Crippen molar-refractivity contribution in [3.8, 4) is 0 Å². The fourth-order valence-electron chi connectivity index (χ4n) is 11.1. The van der Waals surface area contributed by atoms with Gasteiger partial charge in [-0.05, 0) is 102 Å². The van der Waals surface area contributed by atoms with E-state index < -0.39 is 29.4 Å². The van der Waals surface area contributed by atoms with Gasteiger partial charge in [0.1, 0.15) is 11.2 Å². The van der Waals surface area contributed by atoms with Gasteiger partial charge in [-0.2, -0.15) is 20.4 Å². The second kappa shape index (κ2) is 25.5. The van der Waals surface area contributed by atoms with E-state index in [0.717, 1.165) is 72.2 Å². The normalized spacial score (nSPS) is 16.4. The first-order valence-corrected chi connectivity index (χ1v) is 28.3. The number of carbonyl (C=O) groups is 5. The smallest absolute Gasteiger partial charge is 0.410 e. The Morgan fingerprint density at radius 2 is 1.19 bits per heavy atom. The molecule has 22 nitrogen and oxygen atoms in total. The van der Waals surface area contributed by atoms with Gasteiger partial charge < -0.3 is 45.2 Å². The Bertz CT molecular complexity index is 3130. The van der Waals surface area contributed by atoms with Gasteiger partial charge in [0.25, 0.3) is 5.91 Å². The molecular formula is C61H86N14O8. The number of nitrogens with zero attached hydrogens (tertiary/aromatic N) is 10. The van der Waals surface area contributed by atoms with Crippen molar-refractivity contribution < 1.29 is 38.6 Å². The van der Waals surface area contributed by atoms with Crippen LogP contribution < -0.4 is 11.1 Å². The number of carboxylic acids is 1. The summed E-state index contributed by atoms with van der Waals surface area (Å²) in [6.07, 6.45) is 11.5. The molecule has 1 saturated heterocycles. The number of nitrogens with two attached hydrogens (primary N) is 1. The molecule has 0 bridgehead atoms. The molecule has 2 aromatic carbocycles. The van der Waals surface area contributed by atoms with Gasteiger partial charge in [0.05, 0.1) is 35.9 Å². The number of nitrogen functional groups attached to an aromatic ring is 1. The first-order valence-electron chi connectivity index (χ1n) is 28.3. The first-order chi connectivity index (χ1) is 38.9. The summed E-state index contributed by atoms with van der Waals surface area (Å²) >= 11 is 0. The molecule has 2 unspecified atom stereocenters. The molecule has 2 aliphatic carbocycles. The van der Waals surface area contributed by atoms with Gasteiger partial charge in [0.15, 0.2) is 11.4 Å². The number of aromatic nitrogens is 8. The number of ether oxygens (including phenoxy) is 2. The van der Waals surface area contributed by atoms with Crippen LogP contribution in [0.1, 0.15) is 149 Å². The highest BCUT2D eigenvalue weighted by Crippen LogP contribution is 2.37. The molecule has 6 N–H and O–H groups in total. The number of urea groups is 1. The van der Waals surface area contributed by atoms with Crippen LogP contribution in [-0.4, -0.2) is 160 Å². The fourth-order valence-corrected chi connectivity index (χ4v) is 11.1. The molecular weight excluding hydrogens is 1060 g/mol. The number of carbonyl (C=O) groups excluding carboxylic acids is 4. The Balaban J connectivity index is 0.000000194. The maximum Gasteiger partial charge on any atom is 0.410 e. The minimum Gasteiger partial charge on any atom is -0.476 e. The van der Waals surface area contributed by atoms with Gasteiger partial charge >= 0.3 is 24.2 Å². The van der Waals surface area contributed by atoms with Crippen LogP contribution in [0.4, 0.5) is 25.8 Å². The molecule has 448 valence electrons. The van der Waals surface area contributed by atoms with Crippen molar-refractivity contribution in [1.82, 2.24) is 59.6 Å². The first kappa shape index (κ1) is 62.4. The zero-order valence-electron chi connectivity index (χ0n) is 50.8. The second-order valence-corrected chi connectivity index (χ2v) is 26.0. The molecule has 4 aromatic heterocycles. The molecule has 3 aliphatic rings. The summed E-state index contributed by atoms with van der Waals surface area (Å²) in [6, 6.07) is 19.6. The van der Waals surface area contributed by atoms with E-state index in [1.807, 2.05) is 115 Å². The van der Waals surface area contributed by atoms with Crippen LogP contribution >= 0.6 is 0 Å². The lowest BCUT2D eigenvalue weighted by Gasteiger charge is -2.40. The van der Waals surface area contributed by atoms with Gasteiger partial charge in [-0.3, -0.25) is 24.4 Å². The Morgan fingerprint density at radius 1 is 0.723 bits per heavy atom. The number of hydrogen-bond donors (Lipinski definition) is 5. The summed E-state index contributed by atoms with van der Waals surface area (Å²) in [4.78, 5) is 68.3. The van der Waals surface area contributed by atoms with Crippen LogP contribution in [0.15, 0.2) is 85.5 Å². The summed E-state index contributed by atoms with van der Waals surface area (Å²) < 4.78 is 14.8. The van der Waals surface area contributed by atoms with Crippen molar-refractivity contribution >= 4 is 41.5 Å². The maximum absolute atomic E-state index is 13.1. The van der Waals surface area contributed by atoms with Crippen molar-refractivity contribution in [2.24, 2.45) is 22.7 Å². The average molecular weight is 1140 g/mol. The minimum atomic E-state index is -0.929. The van der Waals surface area contributed by atoms with E-state index in [1.54, 1.807) is 47.2 Å². The summed E-state index contributed by atoms with van der Waals surface area (Å²) in [6.45, 7) is 21.7. The molecule has 83 heavy (non-hydrogen) atoms. The summed E-state index contributed by atoms with van der Waals surface area (Å²) in [5.74, 6) is -1.27. The lowest BCUT2D eigenvalue weighted by atomic mass is 9.76. The van der Waals surface area contributed by atoms with E-state index in [2.05, 4.69) is 75.7 Å². The van der Waals surface area contributed by atoms with E-state index in [9.17, 15) is 24.0 Å². The second-order valence-electron chi connectivity index (χ2n) is 26.0. The van der Waals surface area contributed by atoms with Gasteiger partial charge in [-0.25, -0.2) is 19.2 Å². The molecule has 22 heteroatoms. The number of amides is 5. The van der Waals surface area contributed by atoms with E-state index in [0.29, 0.717) is 43.2 Å². The summed E-state index contributed by atoms with van der Waals surface area (Å²) in [7, 11) is 7.03. The van der Waals surface area contributed by atoms with Gasteiger partial charge in [0, 0.05) is 101 Å². The maximum atomic E-state index is 13.1. The lowest BCUT2D eigenvalue weighted by molar-refractivity contribution is 0.0187. The third kappa shape index (κ3) is 16.5. The lowest BCUT2D eigenvalue weighted by Crippen LogP contribution is -2.52. The Morgan fingerprint density at radius 3 is 1.66 bits per heavy atom. The highest BCUT2D eigenvalue weighted by Gasteiger charge is 2.37. The number of rotatable bonds is 13. The molecule has 2 atom stereocenters. The highest BCUT2D eigenvalue weighted by atomic mass is 16.6. The quantitative estimate of drug-likeness (QED) is 0.0722. The molecule has 0 saturated carbocycles. The summed E-state index contributed by atoms with van der Waals surface area (Å²) in [5.41, 5.74) is 13.1. The van der Waals surface area contributed by atoms with Gasteiger partial charge in [-0.1, -0.05) is 88.4 Å². The number of anilines is 2. The number of aromatic carboxylic acids is 1. The molecule has 1 fully saturated rings. The molecule has 1 aliphatic heterocycles. The molecule has 9 rings (SSSR count). The third-order valence-electron chi connectivity index (χ3n) is 15.1. The zero-order valence-corrected chi connectivity index (χ0v) is 50.8. The largest absolute Gasteiger partial charge is 0.476 e. The highest BCUT2D eigenvalue weighted by molar-refractivity contribution is 6.04. The standard InChI is InChI=1S/C26H33N7O2.C25H39N5O4.C10H14N2O2/c1-26(2)11-10-20-21(12-26)29-30-22(20)24(34)28-19-13-27-33(16-19)23(17-8-6-5-7-9-17)18-14-31(3)25(35)32(4)15-18;1-24(2,3)33-22(31)28(7)15-19(16-29(8)23(32)34-25(4,5)6)21(18-12-10-9-11-13-18)30-17-20(26)14-27-30;1-10(2)4-3-6-7(5-10)11-12-8(6)9(13)14/h5-9,13,16,18,23H,10-12,14-15H2,1-4H3,(H,28,34)(H,29,30);9-14,17,19,21H,15-16,26H2,1-8H3;3-5H2,1-2H3,(H,11,12)(H,13,14). The van der Waals surface area contributed by atoms with E-state index in [4.69, 9.17) is 20.3 Å². The van der Waals surface area contributed by atoms with Crippen LogP contribution in [0.5, 0.6) is 0 Å². The van der Waals surface area contributed by atoms with Crippen molar-refractivity contribution in [3.05, 3.63) is 130 Å². The fraction of sp³-hybridized carbons (Fsp3) is 0.525. The Labute approximate surface area is 487 Å². The van der Waals surface area contributed by atoms with E-state index in [-0.39, 0.29) is 52.4 Å². The zero-order chi connectivity index (χ0) is 60.8. The predicted molar refractivity (Wildman–Crippen MR) is 317 cm³/mol. The van der Waals surface area contributed by atoms with Crippen molar-refractivity contribution in [2.45, 2.75) is 131 Å².